The molecule has 0 saturated carbocycles. The Morgan fingerprint density at radius 2 is 1.69 bits per heavy atom. The van der Waals surface area contributed by atoms with Gasteiger partial charge in [0.05, 0.1) is 23.5 Å². The third kappa shape index (κ3) is 7.05. The van der Waals surface area contributed by atoms with Crippen molar-refractivity contribution >= 4 is 11.6 Å². The van der Waals surface area contributed by atoms with Gasteiger partial charge in [0.1, 0.15) is 6.33 Å². The van der Waals surface area contributed by atoms with E-state index in [4.69, 9.17) is 4.74 Å². The van der Waals surface area contributed by atoms with Gasteiger partial charge in [-0.2, -0.15) is 13.2 Å². The molecule has 3 rings (SSSR count). The summed E-state index contributed by atoms with van der Waals surface area (Å²) < 4.78 is 44.0. The largest absolute Gasteiger partial charge is 0.437 e. The molecule has 0 spiro atoms. The highest BCUT2D eigenvalue weighted by Crippen LogP contribution is 2.32. The molecule has 2 aromatic carbocycles. The first-order chi connectivity index (χ1) is 15.2. The number of carbonyl (C=O) groups excluding carboxylic acids is 1. The molecule has 0 saturated heterocycles. The molecule has 0 fully saturated rings. The second kappa shape index (κ2) is 11.2. The fourth-order valence-electron chi connectivity index (χ4n) is 2.63. The highest BCUT2D eigenvalue weighted by atomic mass is 19.4. The molecule has 6 nitrogen and oxygen atoms in total. The van der Waals surface area contributed by atoms with Crippen LogP contribution >= 0.6 is 0 Å². The van der Waals surface area contributed by atoms with Gasteiger partial charge in [-0.25, -0.2) is 9.97 Å². The second-order valence-corrected chi connectivity index (χ2v) is 6.70. The molecule has 0 aliphatic heterocycles. The number of halogens is 3. The summed E-state index contributed by atoms with van der Waals surface area (Å²) in [6, 6.07) is 13.0. The summed E-state index contributed by atoms with van der Waals surface area (Å²) in [6.45, 7) is 4.21. The van der Waals surface area contributed by atoms with Crippen LogP contribution in [0.2, 0.25) is 0 Å². The van der Waals surface area contributed by atoms with Gasteiger partial charge in [-0.05, 0) is 38.4 Å². The first kappa shape index (κ1) is 24.8. The van der Waals surface area contributed by atoms with E-state index >= 15 is 0 Å². The van der Waals surface area contributed by atoms with Crippen LogP contribution in [0.5, 0.6) is 11.6 Å². The molecular weight excluding hydrogens is 421 g/mol. The van der Waals surface area contributed by atoms with Gasteiger partial charge in [0, 0.05) is 11.6 Å². The lowest BCUT2D eigenvalue weighted by atomic mass is 10.1. The minimum absolute atomic E-state index is 0.189. The molecule has 0 atom stereocenters. The molecule has 170 valence electrons. The predicted octanol–water partition coefficient (Wildman–Crippen LogP) is 5.48. The number of benzene rings is 2. The van der Waals surface area contributed by atoms with Gasteiger partial charge in [0.25, 0.3) is 0 Å². The molecule has 3 aromatic rings. The van der Waals surface area contributed by atoms with Crippen molar-refractivity contribution in [1.29, 1.82) is 0 Å². The smallest absolute Gasteiger partial charge is 0.416 e. The number of aromatic nitrogens is 2. The van der Waals surface area contributed by atoms with Crippen LogP contribution in [0.15, 0.2) is 60.9 Å². The molecule has 1 heterocycles. The van der Waals surface area contributed by atoms with Crippen LogP contribution in [-0.2, 0) is 11.0 Å². The van der Waals surface area contributed by atoms with Crippen LogP contribution in [0, 0.1) is 0 Å². The van der Waals surface area contributed by atoms with Gasteiger partial charge in [0.15, 0.2) is 5.75 Å². The van der Waals surface area contributed by atoms with Gasteiger partial charge >= 0.3 is 6.18 Å². The summed E-state index contributed by atoms with van der Waals surface area (Å²) in [5, 5.41) is 2.77. The number of para-hydroxylation sites is 2. The van der Waals surface area contributed by atoms with E-state index < -0.39 is 11.7 Å². The number of hydrogen-bond acceptors (Lipinski definition) is 5. The number of ether oxygens (including phenoxy) is 1. The molecule has 1 amide bonds. The molecule has 0 unspecified atom stereocenters. The summed E-state index contributed by atoms with van der Waals surface area (Å²) in [4.78, 5) is 21.9. The van der Waals surface area contributed by atoms with E-state index in [1.54, 1.807) is 43.3 Å². The molecule has 0 aliphatic carbocycles. The Kier molecular flexibility index (Phi) is 8.71. The Morgan fingerprint density at radius 3 is 2.31 bits per heavy atom. The van der Waals surface area contributed by atoms with E-state index in [0.717, 1.165) is 12.1 Å². The maximum absolute atomic E-state index is 12.7. The molecule has 1 N–H and O–H groups in total. The third-order valence-electron chi connectivity index (χ3n) is 3.99. The van der Waals surface area contributed by atoms with Gasteiger partial charge < -0.3 is 15.0 Å². The Bertz CT molecular complexity index is 1020. The maximum Gasteiger partial charge on any atom is 0.416 e. The van der Waals surface area contributed by atoms with E-state index in [0.29, 0.717) is 22.7 Å². The van der Waals surface area contributed by atoms with Crippen molar-refractivity contribution in [2.45, 2.75) is 20.0 Å². The second-order valence-electron chi connectivity index (χ2n) is 6.70. The molecule has 0 bridgehead atoms. The van der Waals surface area contributed by atoms with Crippen molar-refractivity contribution in [3.05, 3.63) is 66.5 Å². The number of nitrogens with zero attached hydrogens (tertiary/aromatic N) is 3. The highest BCUT2D eigenvalue weighted by molar-refractivity contribution is 5.93. The third-order valence-corrected chi connectivity index (χ3v) is 3.99. The molecule has 9 heteroatoms. The van der Waals surface area contributed by atoms with Gasteiger partial charge in [0.2, 0.25) is 11.8 Å². The number of alkyl halides is 3. The fraction of sp³-hybridized carbons (Fsp3) is 0.261. The zero-order chi connectivity index (χ0) is 23.7. The SMILES string of the molecule is CC.CN(C)CC(=O)Nc1ccccc1Oc1cc(-c2ccc(C(F)(F)F)cc2)ncn1. The van der Waals surface area contributed by atoms with E-state index in [1.165, 1.54) is 24.5 Å². The summed E-state index contributed by atoms with van der Waals surface area (Å²) in [7, 11) is 3.57. The molecular formula is C23H25F3N4O2. The Hall–Kier alpha value is -3.46. The van der Waals surface area contributed by atoms with Crippen molar-refractivity contribution in [3.8, 4) is 22.9 Å². The number of amides is 1. The van der Waals surface area contributed by atoms with Crippen molar-refractivity contribution in [2.75, 3.05) is 26.0 Å². The Labute approximate surface area is 185 Å². The minimum atomic E-state index is -4.40. The number of hydrogen-bond donors (Lipinski definition) is 1. The van der Waals surface area contributed by atoms with Gasteiger partial charge in [-0.1, -0.05) is 38.1 Å². The van der Waals surface area contributed by atoms with E-state index in [9.17, 15) is 18.0 Å². The average Bonchev–Trinajstić information content (AvgIpc) is 2.76. The monoisotopic (exact) mass is 446 g/mol. The molecule has 32 heavy (non-hydrogen) atoms. The Balaban J connectivity index is 0.00000176. The lowest BCUT2D eigenvalue weighted by Gasteiger charge is -2.14. The van der Waals surface area contributed by atoms with Crippen LogP contribution in [0.3, 0.4) is 0 Å². The number of anilines is 1. The van der Waals surface area contributed by atoms with E-state index in [-0.39, 0.29) is 18.3 Å². The first-order valence-electron chi connectivity index (χ1n) is 9.93. The molecule has 1 aromatic heterocycles. The van der Waals surface area contributed by atoms with E-state index in [2.05, 4.69) is 15.3 Å². The van der Waals surface area contributed by atoms with Gasteiger partial charge in [-0.3, -0.25) is 4.79 Å². The van der Waals surface area contributed by atoms with Crippen molar-refractivity contribution in [3.63, 3.8) is 0 Å². The van der Waals surface area contributed by atoms with Crippen LogP contribution in [0.4, 0.5) is 18.9 Å². The van der Waals surface area contributed by atoms with Crippen molar-refractivity contribution < 1.29 is 22.7 Å². The standard InChI is InChI=1S/C21H19F3N4O2.C2H6/c1-28(2)12-19(29)27-16-5-3-4-6-18(16)30-20-11-17(25-13-26-20)14-7-9-15(10-8-14)21(22,23)24;1-2/h3-11,13H,12H2,1-2H3,(H,27,29);1-2H3. The van der Waals surface area contributed by atoms with Crippen LogP contribution in [0.1, 0.15) is 19.4 Å². The minimum Gasteiger partial charge on any atom is -0.437 e. The van der Waals surface area contributed by atoms with Crippen LogP contribution < -0.4 is 10.1 Å². The lowest BCUT2D eigenvalue weighted by Crippen LogP contribution is -2.27. The van der Waals surface area contributed by atoms with Crippen LogP contribution in [0.25, 0.3) is 11.3 Å². The predicted molar refractivity (Wildman–Crippen MR) is 118 cm³/mol. The highest BCUT2D eigenvalue weighted by Gasteiger charge is 2.30. The summed E-state index contributed by atoms with van der Waals surface area (Å²) in [5.41, 5.74) is 0.629. The normalized spacial score (nSPS) is 10.9. The Morgan fingerprint density at radius 1 is 1.03 bits per heavy atom. The lowest BCUT2D eigenvalue weighted by molar-refractivity contribution is -0.137. The van der Waals surface area contributed by atoms with Crippen molar-refractivity contribution in [1.82, 2.24) is 14.9 Å². The topological polar surface area (TPSA) is 67.4 Å². The van der Waals surface area contributed by atoms with Crippen molar-refractivity contribution in [2.24, 2.45) is 0 Å². The number of likely N-dealkylation sites (N-methyl/N-ethyl adjacent to an activating group) is 1. The zero-order valence-corrected chi connectivity index (χ0v) is 18.3. The number of carbonyl (C=O) groups is 1. The maximum atomic E-state index is 12.7. The molecule has 0 radical (unpaired) electrons. The van der Waals surface area contributed by atoms with E-state index in [1.807, 2.05) is 13.8 Å². The molecule has 0 aliphatic rings. The summed E-state index contributed by atoms with van der Waals surface area (Å²) in [6.07, 6.45) is -3.14. The zero-order valence-electron chi connectivity index (χ0n) is 18.3. The summed E-state index contributed by atoms with van der Waals surface area (Å²) >= 11 is 0. The quantitative estimate of drug-likeness (QED) is 0.543. The van der Waals surface area contributed by atoms with Gasteiger partial charge in [-0.15, -0.1) is 0 Å². The first-order valence-corrected chi connectivity index (χ1v) is 9.93. The number of rotatable bonds is 6. The fourth-order valence-corrected chi connectivity index (χ4v) is 2.63. The van der Waals surface area contributed by atoms with Crippen LogP contribution in [-0.4, -0.2) is 41.4 Å². The number of nitrogens with one attached hydrogen (secondary N) is 1. The average molecular weight is 446 g/mol. The summed E-state index contributed by atoms with van der Waals surface area (Å²) in [5.74, 6) is 0.361.